The molecular weight excluding hydrogens is 213 g/mol. The van der Waals surface area contributed by atoms with Crippen LogP contribution in [0.15, 0.2) is 4.99 Å². The maximum Gasteiger partial charge on any atom is 0.390 e. The van der Waals surface area contributed by atoms with E-state index in [4.69, 9.17) is 5.11 Å². The lowest BCUT2D eigenvalue weighted by Gasteiger charge is -2.20. The highest BCUT2D eigenvalue weighted by Crippen LogP contribution is 2.27. The van der Waals surface area contributed by atoms with Gasteiger partial charge in [0.05, 0.1) is 13.0 Å². The highest BCUT2D eigenvalue weighted by atomic mass is 19.4. The second kappa shape index (κ2) is 4.08. The van der Waals surface area contributed by atoms with E-state index in [1.807, 2.05) is 0 Å². The standard InChI is InChI=1S/C8H11F3N2O2/c1-13-3-2-12-6(13)5(7(14)15)4-8(9,10)11/h5H,2-4H2,1H3,(H,14,15). The van der Waals surface area contributed by atoms with E-state index >= 15 is 0 Å². The third kappa shape index (κ3) is 3.10. The molecule has 0 aromatic carbocycles. The lowest BCUT2D eigenvalue weighted by molar-refractivity contribution is -0.158. The average Bonchev–Trinajstić information content (AvgIpc) is 2.45. The average molecular weight is 224 g/mol. The minimum atomic E-state index is -4.49. The first-order valence-electron chi connectivity index (χ1n) is 4.36. The zero-order chi connectivity index (χ0) is 11.6. The molecule has 15 heavy (non-hydrogen) atoms. The van der Waals surface area contributed by atoms with E-state index in [2.05, 4.69) is 4.99 Å². The number of aliphatic imine (C=N–C) groups is 1. The van der Waals surface area contributed by atoms with Crippen molar-refractivity contribution in [1.82, 2.24) is 4.90 Å². The molecule has 0 radical (unpaired) electrons. The van der Waals surface area contributed by atoms with E-state index in [0.717, 1.165) is 0 Å². The fraction of sp³-hybridized carbons (Fsp3) is 0.750. The molecule has 1 rings (SSSR count). The van der Waals surface area contributed by atoms with Crippen molar-refractivity contribution in [3.8, 4) is 0 Å². The summed E-state index contributed by atoms with van der Waals surface area (Å²) in [5.74, 6) is -3.06. The van der Waals surface area contributed by atoms with Gasteiger partial charge in [-0.2, -0.15) is 13.2 Å². The Morgan fingerprint density at radius 1 is 1.67 bits per heavy atom. The molecule has 1 aliphatic heterocycles. The molecule has 0 spiro atoms. The maximum atomic E-state index is 12.1. The fourth-order valence-corrected chi connectivity index (χ4v) is 1.45. The van der Waals surface area contributed by atoms with Crippen molar-refractivity contribution in [3.63, 3.8) is 0 Å². The molecule has 0 aromatic heterocycles. The van der Waals surface area contributed by atoms with E-state index < -0.39 is 24.5 Å². The molecule has 86 valence electrons. The Labute approximate surface area is 84.4 Å². The molecular formula is C8H11F3N2O2. The number of carboxylic acid groups (broad SMARTS) is 1. The molecule has 0 aromatic rings. The number of aliphatic carboxylic acids is 1. The van der Waals surface area contributed by atoms with Crippen LogP contribution in [0.5, 0.6) is 0 Å². The minimum Gasteiger partial charge on any atom is -0.481 e. The van der Waals surface area contributed by atoms with Gasteiger partial charge in [-0.3, -0.25) is 9.79 Å². The topological polar surface area (TPSA) is 52.9 Å². The SMILES string of the molecule is CN1CCN=C1C(CC(F)(F)F)C(=O)O. The quantitative estimate of drug-likeness (QED) is 0.777. The Morgan fingerprint density at radius 3 is 2.60 bits per heavy atom. The van der Waals surface area contributed by atoms with Gasteiger partial charge in [0, 0.05) is 13.6 Å². The summed E-state index contributed by atoms with van der Waals surface area (Å²) in [6.07, 6.45) is -5.86. The van der Waals surface area contributed by atoms with Gasteiger partial charge in [-0.25, -0.2) is 0 Å². The van der Waals surface area contributed by atoms with E-state index in [9.17, 15) is 18.0 Å². The van der Waals surface area contributed by atoms with E-state index in [1.165, 1.54) is 11.9 Å². The molecule has 1 heterocycles. The van der Waals surface area contributed by atoms with Gasteiger partial charge in [-0.05, 0) is 0 Å². The number of rotatable bonds is 3. The van der Waals surface area contributed by atoms with Gasteiger partial charge in [-0.1, -0.05) is 0 Å². The number of carbonyl (C=O) groups is 1. The Kier molecular flexibility index (Phi) is 3.21. The molecule has 0 saturated heterocycles. The number of alkyl halides is 3. The van der Waals surface area contributed by atoms with Crippen molar-refractivity contribution >= 4 is 11.8 Å². The predicted molar refractivity (Wildman–Crippen MR) is 46.7 cm³/mol. The van der Waals surface area contributed by atoms with Crippen LogP contribution >= 0.6 is 0 Å². The molecule has 1 aliphatic rings. The van der Waals surface area contributed by atoms with Crippen LogP contribution in [0.4, 0.5) is 13.2 Å². The molecule has 0 fully saturated rings. The molecule has 4 nitrogen and oxygen atoms in total. The molecule has 7 heteroatoms. The second-order valence-corrected chi connectivity index (χ2v) is 3.37. The molecule has 0 saturated carbocycles. The van der Waals surface area contributed by atoms with Gasteiger partial charge < -0.3 is 10.0 Å². The first-order chi connectivity index (χ1) is 6.81. The smallest absolute Gasteiger partial charge is 0.390 e. The monoisotopic (exact) mass is 224 g/mol. The zero-order valence-corrected chi connectivity index (χ0v) is 8.08. The highest BCUT2D eigenvalue weighted by Gasteiger charge is 2.40. The van der Waals surface area contributed by atoms with E-state index in [0.29, 0.717) is 13.1 Å². The first kappa shape index (κ1) is 11.8. The summed E-state index contributed by atoms with van der Waals surface area (Å²) in [7, 11) is 1.54. The van der Waals surface area contributed by atoms with Gasteiger partial charge in [0.25, 0.3) is 0 Å². The molecule has 0 amide bonds. The Morgan fingerprint density at radius 2 is 2.27 bits per heavy atom. The van der Waals surface area contributed by atoms with Gasteiger partial charge in [-0.15, -0.1) is 0 Å². The summed E-state index contributed by atoms with van der Waals surface area (Å²) in [6.45, 7) is 0.824. The Bertz CT molecular complexity index is 288. The molecule has 1 atom stereocenters. The van der Waals surface area contributed by atoms with Crippen LogP contribution in [-0.4, -0.2) is 48.1 Å². The maximum absolute atomic E-state index is 12.1. The van der Waals surface area contributed by atoms with Crippen molar-refractivity contribution in [1.29, 1.82) is 0 Å². The normalized spacial score (nSPS) is 18.9. The number of halogens is 3. The van der Waals surface area contributed by atoms with Crippen molar-refractivity contribution in [2.45, 2.75) is 12.6 Å². The molecule has 1 N–H and O–H groups in total. The van der Waals surface area contributed by atoms with Gasteiger partial charge in [0.15, 0.2) is 0 Å². The van der Waals surface area contributed by atoms with Crippen LogP contribution in [0.3, 0.4) is 0 Å². The minimum absolute atomic E-state index is 0.0137. The van der Waals surface area contributed by atoms with E-state index in [1.54, 1.807) is 0 Å². The van der Waals surface area contributed by atoms with Crippen molar-refractivity contribution in [3.05, 3.63) is 0 Å². The summed E-state index contributed by atoms with van der Waals surface area (Å²) in [6, 6.07) is 0. The summed E-state index contributed by atoms with van der Waals surface area (Å²) in [5, 5.41) is 8.71. The van der Waals surface area contributed by atoms with Crippen LogP contribution in [0.25, 0.3) is 0 Å². The van der Waals surface area contributed by atoms with E-state index in [-0.39, 0.29) is 5.84 Å². The third-order valence-corrected chi connectivity index (χ3v) is 2.15. The number of nitrogens with zero attached hydrogens (tertiary/aromatic N) is 2. The summed E-state index contributed by atoms with van der Waals surface area (Å²) in [5.41, 5.74) is 0. The van der Waals surface area contributed by atoms with Crippen molar-refractivity contribution in [2.75, 3.05) is 20.1 Å². The Hall–Kier alpha value is -1.27. The van der Waals surface area contributed by atoms with Crippen LogP contribution in [0, 0.1) is 5.92 Å². The molecule has 1 unspecified atom stereocenters. The lowest BCUT2D eigenvalue weighted by Crippen LogP contribution is -2.37. The van der Waals surface area contributed by atoms with Crippen LogP contribution in [0.1, 0.15) is 6.42 Å². The molecule has 0 aliphatic carbocycles. The number of amidine groups is 1. The van der Waals surface area contributed by atoms with Crippen LogP contribution in [-0.2, 0) is 4.79 Å². The predicted octanol–water partition coefficient (Wildman–Crippen LogP) is 0.984. The second-order valence-electron chi connectivity index (χ2n) is 3.37. The number of carboxylic acids is 1. The summed E-state index contributed by atoms with van der Waals surface area (Å²) in [4.78, 5) is 15.9. The van der Waals surface area contributed by atoms with Gasteiger partial charge >= 0.3 is 12.1 Å². The largest absolute Gasteiger partial charge is 0.481 e. The molecule has 0 bridgehead atoms. The van der Waals surface area contributed by atoms with Gasteiger partial charge in [0.1, 0.15) is 11.8 Å². The highest BCUT2D eigenvalue weighted by molar-refractivity contribution is 6.00. The lowest BCUT2D eigenvalue weighted by atomic mass is 10.0. The van der Waals surface area contributed by atoms with Crippen LogP contribution in [0.2, 0.25) is 0 Å². The van der Waals surface area contributed by atoms with Crippen molar-refractivity contribution in [2.24, 2.45) is 10.9 Å². The number of hydrogen-bond acceptors (Lipinski definition) is 3. The number of hydrogen-bond donors (Lipinski definition) is 1. The zero-order valence-electron chi connectivity index (χ0n) is 8.08. The number of likely N-dealkylation sites (N-methyl/N-ethyl adjacent to an activating group) is 1. The van der Waals surface area contributed by atoms with Crippen molar-refractivity contribution < 1.29 is 23.1 Å². The van der Waals surface area contributed by atoms with Crippen LogP contribution < -0.4 is 0 Å². The Balaban J connectivity index is 2.79. The third-order valence-electron chi connectivity index (χ3n) is 2.15. The summed E-state index contributed by atoms with van der Waals surface area (Å²) >= 11 is 0. The van der Waals surface area contributed by atoms with Gasteiger partial charge in [0.2, 0.25) is 0 Å². The summed E-state index contributed by atoms with van der Waals surface area (Å²) < 4.78 is 36.3. The fourth-order valence-electron chi connectivity index (χ4n) is 1.45. The first-order valence-corrected chi connectivity index (χ1v) is 4.36.